The molecule has 0 aliphatic rings. The van der Waals surface area contributed by atoms with E-state index in [0.29, 0.717) is 5.69 Å². The minimum absolute atomic E-state index is 0.101. The van der Waals surface area contributed by atoms with Gasteiger partial charge in [-0.15, -0.1) is 0 Å². The first-order valence-corrected chi connectivity index (χ1v) is 6.44. The molecular formula is C10H8NO4S2-. The molecule has 1 unspecified atom stereocenters. The van der Waals surface area contributed by atoms with Crippen LogP contribution in [0, 0.1) is 0 Å². The van der Waals surface area contributed by atoms with E-state index in [4.69, 9.17) is 4.74 Å². The summed E-state index contributed by atoms with van der Waals surface area (Å²) in [6.45, 7) is 0. The van der Waals surface area contributed by atoms with E-state index in [1.54, 1.807) is 24.6 Å². The van der Waals surface area contributed by atoms with Crippen LogP contribution in [0.5, 0.6) is 10.9 Å². The third kappa shape index (κ3) is 3.02. The maximum atomic E-state index is 10.3. The fraction of sp³-hybridized carbons (Fsp3) is 0.100. The van der Waals surface area contributed by atoms with Gasteiger partial charge in [-0.1, -0.05) is 11.3 Å². The molecule has 1 aromatic heterocycles. The third-order valence-corrected chi connectivity index (χ3v) is 3.13. The molecule has 0 spiro atoms. The molecule has 0 radical (unpaired) electrons. The van der Waals surface area contributed by atoms with Crippen LogP contribution >= 0.6 is 11.3 Å². The molecule has 5 nitrogen and oxygen atoms in total. The second kappa shape index (κ2) is 5.26. The van der Waals surface area contributed by atoms with E-state index >= 15 is 0 Å². The Hall–Kier alpha value is -1.44. The van der Waals surface area contributed by atoms with Crippen molar-refractivity contribution in [2.45, 2.75) is 0 Å². The molecule has 0 aliphatic heterocycles. The van der Waals surface area contributed by atoms with Crippen molar-refractivity contribution in [3.05, 3.63) is 29.6 Å². The molecule has 1 atom stereocenters. The van der Waals surface area contributed by atoms with Crippen molar-refractivity contribution in [1.29, 1.82) is 0 Å². The fourth-order valence-electron chi connectivity index (χ4n) is 1.25. The van der Waals surface area contributed by atoms with Gasteiger partial charge in [0, 0.05) is 10.9 Å². The molecule has 0 saturated carbocycles. The summed E-state index contributed by atoms with van der Waals surface area (Å²) in [6.07, 6.45) is 0. The van der Waals surface area contributed by atoms with Crippen LogP contribution in [-0.4, -0.2) is 20.9 Å². The summed E-state index contributed by atoms with van der Waals surface area (Å²) in [5.41, 5.74) is 1.53. The van der Waals surface area contributed by atoms with Crippen molar-refractivity contribution >= 4 is 22.7 Å². The first-order chi connectivity index (χ1) is 8.19. The lowest BCUT2D eigenvalue weighted by Gasteiger charge is -2.02. The minimum atomic E-state index is -2.59. The van der Waals surface area contributed by atoms with Crippen molar-refractivity contribution in [3.8, 4) is 22.2 Å². The standard InChI is InChI=1S/C10H9NO4S2/c1-14-8-4-2-7(3-5-8)9-6-16-10(11-9)15-17(12)13/h2-6H,1H3,(H,12,13)/p-1. The highest BCUT2D eigenvalue weighted by Gasteiger charge is 2.05. The summed E-state index contributed by atoms with van der Waals surface area (Å²) < 4.78 is 30.2. The quantitative estimate of drug-likeness (QED) is 0.794. The molecule has 0 N–H and O–H groups in total. The Labute approximate surface area is 105 Å². The highest BCUT2D eigenvalue weighted by molar-refractivity contribution is 7.74. The Morgan fingerprint density at radius 2 is 2.06 bits per heavy atom. The second-order valence-corrected chi connectivity index (χ2v) is 4.41. The van der Waals surface area contributed by atoms with Crippen LogP contribution in [0.1, 0.15) is 0 Å². The van der Waals surface area contributed by atoms with Crippen LogP contribution in [0.3, 0.4) is 0 Å². The Bertz CT molecular complexity index is 523. The maximum absolute atomic E-state index is 10.3. The van der Waals surface area contributed by atoms with Gasteiger partial charge in [-0.3, -0.25) is 0 Å². The Morgan fingerprint density at radius 1 is 1.35 bits per heavy atom. The van der Waals surface area contributed by atoms with Crippen LogP contribution in [0.2, 0.25) is 0 Å². The van der Waals surface area contributed by atoms with Crippen LogP contribution in [0.4, 0.5) is 0 Å². The number of hydrogen-bond acceptors (Lipinski definition) is 6. The SMILES string of the molecule is COc1ccc(-c2csc(OS(=O)[O-])n2)cc1. The average molecular weight is 270 g/mol. The van der Waals surface area contributed by atoms with Crippen molar-refractivity contribution in [3.63, 3.8) is 0 Å². The summed E-state index contributed by atoms with van der Waals surface area (Å²) >= 11 is -1.46. The van der Waals surface area contributed by atoms with Gasteiger partial charge in [0.1, 0.15) is 17.1 Å². The van der Waals surface area contributed by atoms with Crippen LogP contribution in [0.15, 0.2) is 29.6 Å². The molecule has 2 aromatic rings. The largest absolute Gasteiger partial charge is 0.740 e. The lowest BCUT2D eigenvalue weighted by atomic mass is 10.2. The Balaban J connectivity index is 2.21. The zero-order valence-corrected chi connectivity index (χ0v) is 10.4. The lowest BCUT2D eigenvalue weighted by Crippen LogP contribution is -1.96. The van der Waals surface area contributed by atoms with Gasteiger partial charge in [-0.2, -0.15) is 0 Å². The minimum Gasteiger partial charge on any atom is -0.740 e. The van der Waals surface area contributed by atoms with Gasteiger partial charge in [-0.05, 0) is 24.3 Å². The Kier molecular flexibility index (Phi) is 3.72. The zero-order valence-electron chi connectivity index (χ0n) is 8.78. The number of nitrogens with zero attached hydrogens (tertiary/aromatic N) is 1. The van der Waals surface area contributed by atoms with Gasteiger partial charge in [0.05, 0.1) is 12.8 Å². The molecule has 1 heterocycles. The summed E-state index contributed by atoms with van der Waals surface area (Å²) in [7, 11) is 1.59. The molecular weight excluding hydrogens is 262 g/mol. The van der Waals surface area contributed by atoms with Crippen molar-refractivity contribution in [2.24, 2.45) is 0 Å². The fourth-order valence-corrected chi connectivity index (χ4v) is 2.28. The third-order valence-electron chi connectivity index (χ3n) is 2.01. The van der Waals surface area contributed by atoms with Crippen LogP contribution in [-0.2, 0) is 11.4 Å². The number of hydrogen-bond donors (Lipinski definition) is 0. The molecule has 0 aliphatic carbocycles. The normalized spacial score (nSPS) is 12.1. The van der Waals surface area contributed by atoms with Gasteiger partial charge in [0.2, 0.25) is 0 Å². The molecule has 0 bridgehead atoms. The highest BCUT2D eigenvalue weighted by atomic mass is 32.2. The number of methoxy groups -OCH3 is 1. The van der Waals surface area contributed by atoms with E-state index in [0.717, 1.165) is 22.6 Å². The van der Waals surface area contributed by atoms with Crippen molar-refractivity contribution in [2.75, 3.05) is 7.11 Å². The molecule has 0 fully saturated rings. The van der Waals surface area contributed by atoms with Crippen molar-refractivity contribution in [1.82, 2.24) is 4.98 Å². The maximum Gasteiger partial charge on any atom is 0.288 e. The van der Waals surface area contributed by atoms with E-state index in [1.807, 2.05) is 12.1 Å². The number of thiazole rings is 1. The number of ether oxygens (including phenoxy) is 1. The van der Waals surface area contributed by atoms with Crippen LogP contribution in [0.25, 0.3) is 11.3 Å². The monoisotopic (exact) mass is 270 g/mol. The Morgan fingerprint density at radius 3 is 2.65 bits per heavy atom. The molecule has 2 rings (SSSR count). The van der Waals surface area contributed by atoms with Gasteiger partial charge in [0.15, 0.2) is 0 Å². The van der Waals surface area contributed by atoms with Gasteiger partial charge >= 0.3 is 0 Å². The molecule has 17 heavy (non-hydrogen) atoms. The van der Waals surface area contributed by atoms with Gasteiger partial charge < -0.3 is 13.5 Å². The number of aromatic nitrogens is 1. The van der Waals surface area contributed by atoms with Crippen LogP contribution < -0.4 is 8.92 Å². The van der Waals surface area contributed by atoms with E-state index in [9.17, 15) is 8.76 Å². The van der Waals surface area contributed by atoms with E-state index in [-0.39, 0.29) is 5.19 Å². The topological polar surface area (TPSA) is 71.5 Å². The average Bonchev–Trinajstić information content (AvgIpc) is 2.77. The first-order valence-electron chi connectivity index (χ1n) is 4.56. The highest BCUT2D eigenvalue weighted by Crippen LogP contribution is 2.27. The molecule has 90 valence electrons. The summed E-state index contributed by atoms with van der Waals surface area (Å²) in [4.78, 5) is 4.04. The summed E-state index contributed by atoms with van der Waals surface area (Å²) in [6, 6.07) is 7.29. The number of benzene rings is 1. The molecule has 7 heteroatoms. The number of rotatable bonds is 4. The predicted octanol–water partition coefficient (Wildman–Crippen LogP) is 1.99. The van der Waals surface area contributed by atoms with E-state index < -0.39 is 11.4 Å². The van der Waals surface area contributed by atoms with E-state index in [2.05, 4.69) is 9.17 Å². The molecule has 0 saturated heterocycles. The van der Waals surface area contributed by atoms with Gasteiger partial charge in [0.25, 0.3) is 5.19 Å². The van der Waals surface area contributed by atoms with E-state index in [1.165, 1.54) is 0 Å². The second-order valence-electron chi connectivity index (χ2n) is 3.01. The van der Waals surface area contributed by atoms with Gasteiger partial charge in [-0.25, -0.2) is 9.19 Å². The predicted molar refractivity (Wildman–Crippen MR) is 63.6 cm³/mol. The lowest BCUT2D eigenvalue weighted by molar-refractivity contribution is 0.415. The molecule has 0 amide bonds. The summed E-state index contributed by atoms with van der Waals surface area (Å²) in [5, 5.41) is 1.83. The summed E-state index contributed by atoms with van der Waals surface area (Å²) in [5.74, 6) is 0.751. The van der Waals surface area contributed by atoms with Crippen molar-refractivity contribution < 1.29 is 17.7 Å². The molecule has 1 aromatic carbocycles. The zero-order chi connectivity index (χ0) is 12.3. The smallest absolute Gasteiger partial charge is 0.288 e. The first kappa shape index (κ1) is 12.0.